The van der Waals surface area contributed by atoms with Gasteiger partial charge < -0.3 is 0 Å². The van der Waals surface area contributed by atoms with Crippen LogP contribution in [0.2, 0.25) is 0 Å². The predicted octanol–water partition coefficient (Wildman–Crippen LogP) is 6.32. The van der Waals surface area contributed by atoms with E-state index in [9.17, 15) is 4.79 Å². The normalized spacial score (nSPS) is 12.0. The number of ketones is 1. The molecule has 1 heterocycles. The molecule has 2 heteroatoms. The van der Waals surface area contributed by atoms with E-state index in [1.165, 1.54) is 25.1 Å². The molecule has 0 N–H and O–H groups in total. The summed E-state index contributed by atoms with van der Waals surface area (Å²) in [6, 6.07) is 25.4. The Labute approximate surface area is 138 Å². The minimum Gasteiger partial charge on any atom is -0.294 e. The highest BCUT2D eigenvalue weighted by molar-refractivity contribution is 7.50. The van der Waals surface area contributed by atoms with Crippen LogP contribution in [0.5, 0.6) is 0 Å². The van der Waals surface area contributed by atoms with Crippen LogP contribution in [-0.2, 0) is 0 Å². The lowest BCUT2D eigenvalue weighted by Crippen LogP contribution is -1.95. The highest BCUT2D eigenvalue weighted by Gasteiger charge is 2.23. The van der Waals surface area contributed by atoms with Crippen molar-refractivity contribution in [1.29, 1.82) is 0 Å². The van der Waals surface area contributed by atoms with E-state index in [0.29, 0.717) is 6.42 Å². The maximum atomic E-state index is 12.1. The van der Waals surface area contributed by atoms with Gasteiger partial charge in [0.2, 0.25) is 0 Å². The number of thiophene rings is 1. The molecule has 1 unspecified atom stereocenters. The second kappa shape index (κ2) is 5.64. The van der Waals surface area contributed by atoms with Gasteiger partial charge in [0.15, 0.2) is 20.1 Å². The van der Waals surface area contributed by atoms with Crippen molar-refractivity contribution in [2.75, 3.05) is 0 Å². The lowest BCUT2D eigenvalue weighted by molar-refractivity contribution is 0.0988. The van der Waals surface area contributed by atoms with Gasteiger partial charge in [-0.15, -0.1) is 0 Å². The molecule has 1 nitrogen and oxygen atoms in total. The first-order chi connectivity index (χ1) is 11.3. The van der Waals surface area contributed by atoms with Gasteiger partial charge in [-0.1, -0.05) is 37.3 Å². The molecule has 0 saturated carbocycles. The Morgan fingerprint density at radius 2 is 1.52 bits per heavy atom. The predicted molar refractivity (Wildman–Crippen MR) is 99.9 cm³/mol. The molecule has 23 heavy (non-hydrogen) atoms. The van der Waals surface area contributed by atoms with Crippen molar-refractivity contribution in [3.63, 3.8) is 0 Å². The third kappa shape index (κ3) is 2.27. The third-order valence-corrected chi connectivity index (χ3v) is 6.55. The van der Waals surface area contributed by atoms with Crippen molar-refractivity contribution in [2.24, 2.45) is 0 Å². The second-order valence-electron chi connectivity index (χ2n) is 5.60. The quantitative estimate of drug-likeness (QED) is 0.319. The number of fused-ring (bicyclic) bond motifs is 3. The SMILES string of the molecule is CCC(=O)c1ccc2c(c1)c1ccccc1[s+]2-c1ccccc1. The van der Waals surface area contributed by atoms with Gasteiger partial charge in [-0.25, -0.2) is 0 Å². The van der Waals surface area contributed by atoms with Gasteiger partial charge in [0.05, 0.1) is 0 Å². The maximum absolute atomic E-state index is 12.1. The van der Waals surface area contributed by atoms with Crippen LogP contribution in [0.15, 0.2) is 72.8 Å². The average Bonchev–Trinajstić information content (AvgIpc) is 2.95. The van der Waals surface area contributed by atoms with E-state index in [0.717, 1.165) is 5.56 Å². The zero-order valence-electron chi connectivity index (χ0n) is 13.0. The van der Waals surface area contributed by atoms with E-state index >= 15 is 0 Å². The molecule has 0 bridgehead atoms. The Kier molecular flexibility index (Phi) is 3.47. The Morgan fingerprint density at radius 3 is 2.30 bits per heavy atom. The fourth-order valence-corrected chi connectivity index (χ4v) is 5.47. The third-order valence-electron chi connectivity index (χ3n) is 4.22. The Balaban J connectivity index is 2.11. The van der Waals surface area contributed by atoms with Crippen LogP contribution >= 0.6 is 10.5 Å². The maximum Gasteiger partial charge on any atom is 0.187 e. The summed E-state index contributed by atoms with van der Waals surface area (Å²) in [5.41, 5.74) is 0.819. The zero-order chi connectivity index (χ0) is 15.8. The van der Waals surface area contributed by atoms with E-state index in [1.54, 1.807) is 0 Å². The summed E-state index contributed by atoms with van der Waals surface area (Å²) in [5.74, 6) is 0.205. The molecule has 112 valence electrons. The fraction of sp³-hybridized carbons (Fsp3) is 0.0952. The number of Topliss-reactive ketones (excluding diaryl/α,β-unsaturated/α-hetero) is 1. The van der Waals surface area contributed by atoms with E-state index in [2.05, 4.69) is 66.7 Å². The molecule has 3 aromatic carbocycles. The first-order valence-electron chi connectivity index (χ1n) is 7.85. The molecule has 4 rings (SSSR count). The van der Waals surface area contributed by atoms with Crippen molar-refractivity contribution in [3.05, 3.63) is 78.4 Å². The number of carbonyl (C=O) groups excluding carboxylic acids is 1. The van der Waals surface area contributed by atoms with Crippen LogP contribution < -0.4 is 0 Å². The first kappa shape index (κ1) is 14.2. The summed E-state index contributed by atoms with van der Waals surface area (Å²) in [6.45, 7) is 1.91. The van der Waals surface area contributed by atoms with Crippen molar-refractivity contribution >= 4 is 36.4 Å². The van der Waals surface area contributed by atoms with Crippen LogP contribution in [0.3, 0.4) is 0 Å². The molecular formula is C21H17OS+. The molecule has 0 saturated heterocycles. The minimum absolute atomic E-state index is 0.0753. The van der Waals surface area contributed by atoms with Crippen molar-refractivity contribution in [2.45, 2.75) is 13.3 Å². The zero-order valence-corrected chi connectivity index (χ0v) is 13.8. The number of rotatable bonds is 3. The molecule has 0 aliphatic rings. The standard InChI is InChI=1S/C21H17OS/c1-2-19(22)15-12-13-21-18(14-15)17-10-6-7-11-20(17)23(21)16-8-4-3-5-9-16/h3-14H,2H2,1H3/q+1. The summed E-state index contributed by atoms with van der Waals surface area (Å²) < 4.78 is 2.68. The average molecular weight is 317 g/mol. The highest BCUT2D eigenvalue weighted by Crippen LogP contribution is 2.48. The van der Waals surface area contributed by atoms with Gasteiger partial charge in [0.25, 0.3) is 0 Å². The minimum atomic E-state index is -0.0753. The van der Waals surface area contributed by atoms with Crippen molar-refractivity contribution < 1.29 is 4.79 Å². The van der Waals surface area contributed by atoms with Crippen molar-refractivity contribution in [3.8, 4) is 4.90 Å². The fourth-order valence-electron chi connectivity index (χ4n) is 3.09. The van der Waals surface area contributed by atoms with Crippen LogP contribution in [-0.4, -0.2) is 5.78 Å². The van der Waals surface area contributed by atoms with E-state index in [1.807, 2.05) is 13.0 Å². The van der Waals surface area contributed by atoms with Crippen molar-refractivity contribution in [1.82, 2.24) is 0 Å². The molecule has 0 aliphatic heterocycles. The van der Waals surface area contributed by atoms with Crippen LogP contribution in [0.4, 0.5) is 0 Å². The molecular weight excluding hydrogens is 300 g/mol. The Morgan fingerprint density at radius 1 is 0.826 bits per heavy atom. The molecule has 0 aliphatic carbocycles. The van der Waals surface area contributed by atoms with Gasteiger partial charge in [0.1, 0.15) is 0 Å². The van der Waals surface area contributed by atoms with Crippen LogP contribution in [0, 0.1) is 0 Å². The molecule has 1 aromatic heterocycles. The van der Waals surface area contributed by atoms with E-state index in [-0.39, 0.29) is 16.3 Å². The largest absolute Gasteiger partial charge is 0.294 e. The molecule has 0 amide bonds. The number of carbonyl (C=O) groups is 1. The number of hydrogen-bond donors (Lipinski definition) is 0. The lowest BCUT2D eigenvalue weighted by Gasteiger charge is -1.97. The van der Waals surface area contributed by atoms with Gasteiger partial charge in [-0.05, 0) is 42.5 Å². The second-order valence-corrected chi connectivity index (χ2v) is 7.57. The Hall–Kier alpha value is -2.45. The lowest BCUT2D eigenvalue weighted by atomic mass is 10.1. The van der Waals surface area contributed by atoms with Gasteiger partial charge in [-0.3, -0.25) is 4.79 Å². The summed E-state index contributed by atoms with van der Waals surface area (Å²) in [7, 11) is -0.0753. The summed E-state index contributed by atoms with van der Waals surface area (Å²) in [5, 5.41) is 2.48. The van der Waals surface area contributed by atoms with Gasteiger partial charge >= 0.3 is 0 Å². The highest BCUT2D eigenvalue weighted by atomic mass is 32.2. The van der Waals surface area contributed by atoms with E-state index in [4.69, 9.17) is 0 Å². The topological polar surface area (TPSA) is 17.1 Å². The first-order valence-corrected chi connectivity index (χ1v) is 9.08. The number of hydrogen-bond acceptors (Lipinski definition) is 1. The molecule has 4 aromatic rings. The summed E-state index contributed by atoms with van der Waals surface area (Å²) >= 11 is 0. The molecule has 0 spiro atoms. The van der Waals surface area contributed by atoms with Gasteiger partial charge in [0, 0.05) is 33.2 Å². The van der Waals surface area contributed by atoms with Gasteiger partial charge in [-0.2, -0.15) is 0 Å². The Bertz CT molecular complexity index is 1010. The molecule has 0 radical (unpaired) electrons. The van der Waals surface area contributed by atoms with Crippen LogP contribution in [0.25, 0.3) is 25.1 Å². The smallest absolute Gasteiger partial charge is 0.187 e. The number of benzene rings is 3. The van der Waals surface area contributed by atoms with E-state index < -0.39 is 0 Å². The molecule has 0 fully saturated rings. The summed E-state index contributed by atoms with van der Waals surface area (Å²) in [6.07, 6.45) is 0.546. The summed E-state index contributed by atoms with van der Waals surface area (Å²) in [4.78, 5) is 13.4. The van der Waals surface area contributed by atoms with Crippen LogP contribution in [0.1, 0.15) is 23.7 Å². The monoisotopic (exact) mass is 317 g/mol. The molecule has 1 atom stereocenters.